The van der Waals surface area contributed by atoms with E-state index >= 15 is 0 Å². The highest BCUT2D eigenvalue weighted by molar-refractivity contribution is 5.69. The van der Waals surface area contributed by atoms with Crippen LogP contribution in [-0.4, -0.2) is 15.0 Å². The molecule has 20 heavy (non-hydrogen) atoms. The maximum Gasteiger partial charge on any atom is 0.221 e. The van der Waals surface area contributed by atoms with Crippen molar-refractivity contribution in [3.05, 3.63) is 54.1 Å². The Morgan fingerprint density at radius 2 is 1.95 bits per heavy atom. The van der Waals surface area contributed by atoms with Crippen molar-refractivity contribution in [2.75, 3.05) is 0 Å². The summed E-state index contributed by atoms with van der Waals surface area (Å²) >= 11 is 0. The van der Waals surface area contributed by atoms with Crippen molar-refractivity contribution in [2.24, 2.45) is 5.73 Å². The van der Waals surface area contributed by atoms with Crippen molar-refractivity contribution in [3.63, 3.8) is 0 Å². The second kappa shape index (κ2) is 5.18. The predicted octanol–water partition coefficient (Wildman–Crippen LogP) is 2.41. The van der Waals surface area contributed by atoms with Crippen molar-refractivity contribution >= 4 is 11.2 Å². The van der Waals surface area contributed by atoms with E-state index in [1.165, 1.54) is 6.07 Å². The third-order valence-corrected chi connectivity index (χ3v) is 2.80. The monoisotopic (exact) mass is 270 g/mol. The highest BCUT2D eigenvalue weighted by atomic mass is 19.1. The number of pyridine rings is 1. The van der Waals surface area contributed by atoms with Crippen LogP contribution in [0, 0.1) is 5.82 Å². The molecular formula is C14H11FN4O. The summed E-state index contributed by atoms with van der Waals surface area (Å²) in [4.78, 5) is 12.4. The van der Waals surface area contributed by atoms with E-state index in [9.17, 15) is 4.39 Å². The number of hydrogen-bond acceptors (Lipinski definition) is 5. The number of aromatic nitrogens is 3. The number of nitrogens with zero attached hydrogens (tertiary/aromatic N) is 3. The van der Waals surface area contributed by atoms with Crippen LogP contribution in [0.25, 0.3) is 11.2 Å². The summed E-state index contributed by atoms with van der Waals surface area (Å²) in [6.07, 6.45) is 3.14. The van der Waals surface area contributed by atoms with Gasteiger partial charge < -0.3 is 10.5 Å². The Morgan fingerprint density at radius 1 is 1.10 bits per heavy atom. The van der Waals surface area contributed by atoms with Crippen LogP contribution in [0.4, 0.5) is 4.39 Å². The van der Waals surface area contributed by atoms with Gasteiger partial charge in [-0.2, -0.15) is 4.98 Å². The molecule has 0 aliphatic rings. The summed E-state index contributed by atoms with van der Waals surface area (Å²) in [5.41, 5.74) is 6.98. The quantitative estimate of drug-likeness (QED) is 0.791. The Labute approximate surface area is 114 Å². The number of halogens is 1. The molecule has 3 rings (SSSR count). The Hall–Kier alpha value is -2.60. The standard InChI is InChI=1S/C14H11FN4O/c15-10-2-1-3-12(9(10)8-16)20-13-5-4-11-14(19-13)18-7-6-17-11/h1-7H,8,16H2. The first kappa shape index (κ1) is 12.4. The minimum absolute atomic E-state index is 0.0510. The number of nitrogens with two attached hydrogens (primary N) is 1. The molecule has 0 saturated carbocycles. The largest absolute Gasteiger partial charge is 0.439 e. The Bertz CT molecular complexity index is 763. The van der Waals surface area contributed by atoms with Gasteiger partial charge in [0.25, 0.3) is 0 Å². The zero-order valence-corrected chi connectivity index (χ0v) is 10.5. The molecule has 0 amide bonds. The van der Waals surface area contributed by atoms with Gasteiger partial charge in [0.2, 0.25) is 5.88 Å². The van der Waals surface area contributed by atoms with Gasteiger partial charge in [-0.1, -0.05) is 6.07 Å². The molecule has 0 radical (unpaired) electrons. The first-order valence-electron chi connectivity index (χ1n) is 6.01. The molecular weight excluding hydrogens is 259 g/mol. The average molecular weight is 270 g/mol. The van der Waals surface area contributed by atoms with E-state index in [-0.39, 0.29) is 6.54 Å². The van der Waals surface area contributed by atoms with Gasteiger partial charge in [0.15, 0.2) is 5.65 Å². The molecule has 2 N–H and O–H groups in total. The molecule has 0 aliphatic heterocycles. The Morgan fingerprint density at radius 3 is 2.80 bits per heavy atom. The van der Waals surface area contributed by atoms with Gasteiger partial charge >= 0.3 is 0 Å². The van der Waals surface area contributed by atoms with E-state index in [4.69, 9.17) is 10.5 Å². The zero-order valence-electron chi connectivity index (χ0n) is 10.5. The first-order valence-corrected chi connectivity index (χ1v) is 6.01. The third-order valence-electron chi connectivity index (χ3n) is 2.80. The molecule has 1 aromatic carbocycles. The fourth-order valence-corrected chi connectivity index (χ4v) is 1.84. The maximum atomic E-state index is 13.6. The average Bonchev–Trinajstić information content (AvgIpc) is 2.47. The first-order chi connectivity index (χ1) is 9.78. The van der Waals surface area contributed by atoms with Gasteiger partial charge in [-0.05, 0) is 18.2 Å². The second-order valence-electron chi connectivity index (χ2n) is 4.07. The molecule has 0 fully saturated rings. The van der Waals surface area contributed by atoms with Gasteiger partial charge in [-0.15, -0.1) is 0 Å². The number of hydrogen-bond donors (Lipinski definition) is 1. The van der Waals surface area contributed by atoms with Crippen LogP contribution < -0.4 is 10.5 Å². The highest BCUT2D eigenvalue weighted by Gasteiger charge is 2.10. The zero-order chi connectivity index (χ0) is 13.9. The van der Waals surface area contributed by atoms with Gasteiger partial charge in [0.1, 0.15) is 17.1 Å². The Kier molecular flexibility index (Phi) is 3.22. The van der Waals surface area contributed by atoms with Gasteiger partial charge in [-0.25, -0.2) is 9.37 Å². The summed E-state index contributed by atoms with van der Waals surface area (Å²) in [5.74, 6) is 0.270. The van der Waals surface area contributed by atoms with E-state index in [1.807, 2.05) is 0 Å². The summed E-state index contributed by atoms with van der Waals surface area (Å²) in [5, 5.41) is 0. The third kappa shape index (κ3) is 2.28. The van der Waals surface area contributed by atoms with Gasteiger partial charge in [0.05, 0.1) is 0 Å². The lowest BCUT2D eigenvalue weighted by Crippen LogP contribution is -2.03. The molecule has 5 nitrogen and oxygen atoms in total. The normalized spacial score (nSPS) is 10.7. The molecule has 6 heteroatoms. The van der Waals surface area contributed by atoms with Crippen LogP contribution in [0.5, 0.6) is 11.6 Å². The number of fused-ring (bicyclic) bond motifs is 1. The summed E-state index contributed by atoms with van der Waals surface area (Å²) in [6, 6.07) is 7.95. The van der Waals surface area contributed by atoms with Crippen molar-refractivity contribution in [1.29, 1.82) is 0 Å². The van der Waals surface area contributed by atoms with Crippen LogP contribution in [-0.2, 0) is 6.54 Å². The Balaban J connectivity index is 1.99. The van der Waals surface area contributed by atoms with E-state index in [0.717, 1.165) is 0 Å². The molecule has 2 aromatic heterocycles. The van der Waals surface area contributed by atoms with Crippen molar-refractivity contribution in [2.45, 2.75) is 6.54 Å². The van der Waals surface area contributed by atoms with E-state index in [1.54, 1.807) is 36.7 Å². The van der Waals surface area contributed by atoms with Crippen LogP contribution >= 0.6 is 0 Å². The summed E-state index contributed by atoms with van der Waals surface area (Å²) in [7, 11) is 0. The summed E-state index contributed by atoms with van der Waals surface area (Å²) < 4.78 is 19.2. The second-order valence-corrected chi connectivity index (χ2v) is 4.07. The lowest BCUT2D eigenvalue weighted by Gasteiger charge is -2.09. The van der Waals surface area contributed by atoms with Crippen molar-refractivity contribution in [1.82, 2.24) is 15.0 Å². The topological polar surface area (TPSA) is 73.9 Å². The van der Waals surface area contributed by atoms with Gasteiger partial charge in [0, 0.05) is 30.6 Å². The van der Waals surface area contributed by atoms with E-state index in [2.05, 4.69) is 15.0 Å². The lowest BCUT2D eigenvalue weighted by molar-refractivity contribution is 0.451. The molecule has 0 spiro atoms. The minimum Gasteiger partial charge on any atom is -0.439 e. The molecule has 3 aromatic rings. The number of benzene rings is 1. The van der Waals surface area contributed by atoms with E-state index < -0.39 is 5.82 Å². The van der Waals surface area contributed by atoms with Crippen molar-refractivity contribution in [3.8, 4) is 11.6 Å². The highest BCUT2D eigenvalue weighted by Crippen LogP contribution is 2.26. The summed E-state index contributed by atoms with van der Waals surface area (Å²) in [6.45, 7) is 0.0510. The fourth-order valence-electron chi connectivity index (χ4n) is 1.84. The number of ether oxygens (including phenoxy) is 1. The predicted molar refractivity (Wildman–Crippen MR) is 71.7 cm³/mol. The number of rotatable bonds is 3. The van der Waals surface area contributed by atoms with Crippen LogP contribution in [0.1, 0.15) is 5.56 Å². The van der Waals surface area contributed by atoms with Crippen molar-refractivity contribution < 1.29 is 9.13 Å². The minimum atomic E-state index is -0.398. The fraction of sp³-hybridized carbons (Fsp3) is 0.0714. The van der Waals surface area contributed by atoms with Crippen LogP contribution in [0.3, 0.4) is 0 Å². The lowest BCUT2D eigenvalue weighted by atomic mass is 10.2. The molecule has 0 unspecified atom stereocenters. The molecule has 0 bridgehead atoms. The molecule has 0 saturated heterocycles. The SMILES string of the molecule is NCc1c(F)cccc1Oc1ccc2nccnc2n1. The molecule has 0 atom stereocenters. The molecule has 100 valence electrons. The van der Waals surface area contributed by atoms with Crippen LogP contribution in [0.2, 0.25) is 0 Å². The maximum absolute atomic E-state index is 13.6. The smallest absolute Gasteiger partial charge is 0.221 e. The molecule has 2 heterocycles. The molecule has 0 aliphatic carbocycles. The van der Waals surface area contributed by atoms with E-state index in [0.29, 0.717) is 28.4 Å². The van der Waals surface area contributed by atoms with Crippen LogP contribution in [0.15, 0.2) is 42.7 Å². The van der Waals surface area contributed by atoms with Gasteiger partial charge in [-0.3, -0.25) is 4.98 Å².